The van der Waals surface area contributed by atoms with Crippen LogP contribution in [-0.4, -0.2) is 25.3 Å². The maximum Gasteiger partial charge on any atom is 0.262 e. The Morgan fingerprint density at radius 3 is 2.69 bits per heavy atom. The van der Waals surface area contributed by atoms with Crippen molar-refractivity contribution in [3.63, 3.8) is 0 Å². The Hall–Kier alpha value is -2.58. The van der Waals surface area contributed by atoms with E-state index in [1.54, 1.807) is 6.21 Å². The molecule has 0 aliphatic heterocycles. The number of carbonyl (C=O) groups is 1. The fraction of sp³-hybridized carbons (Fsp3) is 0.200. The van der Waals surface area contributed by atoms with Crippen LogP contribution in [0, 0.1) is 17.4 Å². The lowest BCUT2D eigenvalue weighted by molar-refractivity contribution is -0.118. The van der Waals surface area contributed by atoms with E-state index in [4.69, 9.17) is 21.1 Å². The van der Waals surface area contributed by atoms with Crippen LogP contribution in [0.2, 0.25) is 5.02 Å². The standard InChI is InChI=1S/C25H24ClIN2O3/c1-4-31-23-12-18(14-28-22-13-19(26)9-8-17(22)3)11-21(27)25(23)32-15-24(30)29-20-7-5-6-16(2)10-20/h5-14H,4,15H2,1-3H3,(H,29,30). The average molecular weight is 563 g/mol. The zero-order valence-corrected chi connectivity index (χ0v) is 21.0. The summed E-state index contributed by atoms with van der Waals surface area (Å²) in [6.07, 6.45) is 1.76. The Morgan fingerprint density at radius 2 is 1.94 bits per heavy atom. The van der Waals surface area contributed by atoms with Crippen molar-refractivity contribution in [2.75, 3.05) is 18.5 Å². The van der Waals surface area contributed by atoms with Crippen molar-refractivity contribution in [1.29, 1.82) is 0 Å². The summed E-state index contributed by atoms with van der Waals surface area (Å²) in [5.41, 5.74) is 4.50. The quantitative estimate of drug-likeness (QED) is 0.245. The van der Waals surface area contributed by atoms with Gasteiger partial charge < -0.3 is 14.8 Å². The van der Waals surface area contributed by atoms with E-state index in [9.17, 15) is 4.79 Å². The SMILES string of the molecule is CCOc1cc(C=Nc2cc(Cl)ccc2C)cc(I)c1OCC(=O)Nc1cccc(C)c1. The number of anilines is 1. The summed E-state index contributed by atoms with van der Waals surface area (Å²) in [6, 6.07) is 17.0. The van der Waals surface area contributed by atoms with E-state index in [1.807, 2.05) is 75.4 Å². The maximum absolute atomic E-state index is 12.4. The molecule has 0 heterocycles. The minimum Gasteiger partial charge on any atom is -0.490 e. The highest BCUT2D eigenvalue weighted by Gasteiger charge is 2.14. The molecule has 0 aliphatic carbocycles. The molecule has 0 saturated heterocycles. The molecule has 0 atom stereocenters. The van der Waals surface area contributed by atoms with Crippen molar-refractivity contribution < 1.29 is 14.3 Å². The van der Waals surface area contributed by atoms with Gasteiger partial charge in [-0.05, 0) is 96.5 Å². The average Bonchev–Trinajstić information content (AvgIpc) is 2.74. The zero-order chi connectivity index (χ0) is 23.1. The highest BCUT2D eigenvalue weighted by molar-refractivity contribution is 14.1. The van der Waals surface area contributed by atoms with E-state index in [-0.39, 0.29) is 12.5 Å². The van der Waals surface area contributed by atoms with Gasteiger partial charge in [0.2, 0.25) is 0 Å². The Kier molecular flexibility index (Phi) is 8.53. The number of hydrogen-bond donors (Lipinski definition) is 1. The van der Waals surface area contributed by atoms with E-state index in [0.29, 0.717) is 23.1 Å². The first-order chi connectivity index (χ1) is 15.4. The largest absolute Gasteiger partial charge is 0.490 e. The Morgan fingerprint density at radius 1 is 1.12 bits per heavy atom. The van der Waals surface area contributed by atoms with Gasteiger partial charge in [0.25, 0.3) is 5.91 Å². The molecular weight excluding hydrogens is 539 g/mol. The molecule has 0 spiro atoms. The molecule has 5 nitrogen and oxygen atoms in total. The summed E-state index contributed by atoms with van der Waals surface area (Å²) in [5, 5.41) is 3.48. The highest BCUT2D eigenvalue weighted by atomic mass is 127. The monoisotopic (exact) mass is 562 g/mol. The second-order valence-corrected chi connectivity index (χ2v) is 8.76. The number of amides is 1. The van der Waals surface area contributed by atoms with Gasteiger partial charge in [0.05, 0.1) is 15.9 Å². The Bertz CT molecular complexity index is 1150. The van der Waals surface area contributed by atoms with Gasteiger partial charge in [-0.1, -0.05) is 29.8 Å². The van der Waals surface area contributed by atoms with Crippen molar-refractivity contribution in [3.05, 3.63) is 79.9 Å². The van der Waals surface area contributed by atoms with Gasteiger partial charge in [-0.2, -0.15) is 0 Å². The fourth-order valence-corrected chi connectivity index (χ4v) is 3.94. The number of halogens is 2. The van der Waals surface area contributed by atoms with Crippen LogP contribution < -0.4 is 14.8 Å². The van der Waals surface area contributed by atoms with E-state index < -0.39 is 0 Å². The summed E-state index contributed by atoms with van der Waals surface area (Å²) in [7, 11) is 0. The van der Waals surface area contributed by atoms with E-state index >= 15 is 0 Å². The van der Waals surface area contributed by atoms with E-state index in [1.165, 1.54) is 0 Å². The van der Waals surface area contributed by atoms with E-state index in [0.717, 1.165) is 31.6 Å². The molecule has 0 bridgehead atoms. The molecule has 3 aromatic carbocycles. The molecule has 0 fully saturated rings. The lowest BCUT2D eigenvalue weighted by Crippen LogP contribution is -2.20. The first kappa shape index (κ1) is 24.1. The Balaban J connectivity index is 1.75. The fourth-order valence-electron chi connectivity index (χ4n) is 2.99. The van der Waals surface area contributed by atoms with Crippen LogP contribution in [0.15, 0.2) is 59.6 Å². The minimum absolute atomic E-state index is 0.126. The van der Waals surface area contributed by atoms with Gasteiger partial charge >= 0.3 is 0 Å². The summed E-state index contributed by atoms with van der Waals surface area (Å²) in [4.78, 5) is 16.9. The topological polar surface area (TPSA) is 59.9 Å². The lowest BCUT2D eigenvalue weighted by Gasteiger charge is -2.15. The summed E-state index contributed by atoms with van der Waals surface area (Å²) >= 11 is 8.26. The number of rotatable bonds is 8. The third-order valence-corrected chi connectivity index (χ3v) is 5.54. The first-order valence-corrected chi connectivity index (χ1v) is 11.6. The van der Waals surface area contributed by atoms with Crippen molar-refractivity contribution >= 4 is 57.7 Å². The number of nitrogens with zero attached hydrogens (tertiary/aromatic N) is 1. The summed E-state index contributed by atoms with van der Waals surface area (Å²) in [5.74, 6) is 0.853. The highest BCUT2D eigenvalue weighted by Crippen LogP contribution is 2.34. The van der Waals surface area contributed by atoms with Gasteiger partial charge in [-0.25, -0.2) is 0 Å². The molecule has 0 aliphatic rings. The molecule has 32 heavy (non-hydrogen) atoms. The molecule has 3 rings (SSSR count). The number of nitrogens with one attached hydrogen (secondary N) is 1. The first-order valence-electron chi connectivity index (χ1n) is 10.1. The third kappa shape index (κ3) is 6.71. The second kappa shape index (κ2) is 11.3. The number of aryl methyl sites for hydroxylation is 2. The summed E-state index contributed by atoms with van der Waals surface area (Å²) < 4.78 is 12.4. The van der Waals surface area contributed by atoms with Crippen molar-refractivity contribution in [2.24, 2.45) is 4.99 Å². The van der Waals surface area contributed by atoms with Crippen molar-refractivity contribution in [3.8, 4) is 11.5 Å². The van der Waals surface area contributed by atoms with Gasteiger partial charge in [0.15, 0.2) is 18.1 Å². The Labute approximate surface area is 206 Å². The number of aliphatic imine (C=N–C) groups is 1. The number of benzene rings is 3. The van der Waals surface area contributed by atoms with Crippen molar-refractivity contribution in [2.45, 2.75) is 20.8 Å². The predicted octanol–water partition coefficient (Wildman–Crippen LogP) is 6.73. The summed E-state index contributed by atoms with van der Waals surface area (Å²) in [6.45, 7) is 6.20. The lowest BCUT2D eigenvalue weighted by atomic mass is 10.2. The van der Waals surface area contributed by atoms with Crippen LogP contribution in [0.1, 0.15) is 23.6 Å². The van der Waals surface area contributed by atoms with Gasteiger partial charge in [0, 0.05) is 16.9 Å². The zero-order valence-electron chi connectivity index (χ0n) is 18.1. The number of carbonyl (C=O) groups excluding carboxylic acids is 1. The van der Waals surface area contributed by atoms with Crippen LogP contribution in [-0.2, 0) is 4.79 Å². The second-order valence-electron chi connectivity index (χ2n) is 7.16. The van der Waals surface area contributed by atoms with Crippen LogP contribution in [0.5, 0.6) is 11.5 Å². The van der Waals surface area contributed by atoms with E-state index in [2.05, 4.69) is 32.9 Å². The molecular formula is C25H24ClIN2O3. The normalized spacial score (nSPS) is 10.9. The number of hydrogen-bond acceptors (Lipinski definition) is 4. The molecule has 1 N–H and O–H groups in total. The van der Waals surface area contributed by atoms with Gasteiger partial charge in [-0.3, -0.25) is 9.79 Å². The van der Waals surface area contributed by atoms with Crippen LogP contribution in [0.25, 0.3) is 0 Å². The third-order valence-electron chi connectivity index (χ3n) is 4.51. The molecule has 0 unspecified atom stereocenters. The maximum atomic E-state index is 12.4. The van der Waals surface area contributed by atoms with Crippen LogP contribution >= 0.6 is 34.2 Å². The molecule has 3 aromatic rings. The molecule has 7 heteroatoms. The predicted molar refractivity (Wildman–Crippen MR) is 139 cm³/mol. The minimum atomic E-state index is -0.240. The van der Waals surface area contributed by atoms with Crippen LogP contribution in [0.4, 0.5) is 11.4 Å². The smallest absolute Gasteiger partial charge is 0.262 e. The van der Waals surface area contributed by atoms with Crippen LogP contribution in [0.3, 0.4) is 0 Å². The molecule has 0 radical (unpaired) electrons. The molecule has 1 amide bonds. The van der Waals surface area contributed by atoms with Gasteiger partial charge in [0.1, 0.15) is 0 Å². The molecule has 0 aromatic heterocycles. The number of ether oxygens (including phenoxy) is 2. The molecule has 0 saturated carbocycles. The van der Waals surface area contributed by atoms with Gasteiger partial charge in [-0.15, -0.1) is 0 Å². The molecule has 166 valence electrons. The van der Waals surface area contributed by atoms with Crippen molar-refractivity contribution in [1.82, 2.24) is 0 Å².